The van der Waals surface area contributed by atoms with E-state index in [1.54, 1.807) is 34.2 Å². The Hall–Kier alpha value is -4.20. The molecule has 35 heavy (non-hydrogen) atoms. The number of rotatable bonds is 8. The molecule has 0 fully saturated rings. The summed E-state index contributed by atoms with van der Waals surface area (Å²) in [5, 5.41) is 2.83. The molecule has 3 heterocycles. The number of nitrogens with one attached hydrogen (secondary N) is 1. The van der Waals surface area contributed by atoms with Gasteiger partial charge < -0.3 is 15.0 Å². The highest BCUT2D eigenvalue weighted by Crippen LogP contribution is 2.45. The summed E-state index contributed by atoms with van der Waals surface area (Å²) in [5.74, 6) is 0.251. The molecule has 0 saturated carbocycles. The van der Waals surface area contributed by atoms with E-state index in [1.165, 1.54) is 7.11 Å². The first-order valence-electron chi connectivity index (χ1n) is 11.7. The monoisotopic (exact) mass is 470 g/mol. The number of para-hydroxylation sites is 1. The number of benzene rings is 2. The zero-order chi connectivity index (χ0) is 24.4. The number of hydrogen-bond donors (Lipinski definition) is 1. The van der Waals surface area contributed by atoms with E-state index < -0.39 is 6.17 Å². The van der Waals surface area contributed by atoms with Crippen molar-refractivity contribution in [2.24, 2.45) is 0 Å². The highest BCUT2D eigenvalue weighted by Gasteiger charge is 2.47. The van der Waals surface area contributed by atoms with Crippen LogP contribution >= 0.6 is 0 Å². The number of unbranched alkanes of at least 4 members (excludes halogenated alkanes) is 2. The molecular formula is C27H26N4O4. The molecule has 8 nitrogen and oxygen atoms in total. The molecule has 1 atom stereocenters. The molecule has 8 heteroatoms. The van der Waals surface area contributed by atoms with Crippen molar-refractivity contribution >= 4 is 29.1 Å². The number of pyridine rings is 1. The Labute approximate surface area is 203 Å². The van der Waals surface area contributed by atoms with Crippen molar-refractivity contribution in [2.45, 2.75) is 31.8 Å². The standard InChI is InChI=1S/C27H26N4O4/c1-35-24-15-14-18(17-28-24)29-23(32)13-3-2-8-16-30-25-19-9-4-5-10-20(19)27(34)31(25)22-12-7-6-11-21(22)26(30)33/h4-7,9-12,14-15,17,25H,2-3,8,13,16H2,1H3,(H,29,32)/t25-/m0/s1. The van der Waals surface area contributed by atoms with Crippen LogP contribution in [0.3, 0.4) is 0 Å². The average molecular weight is 471 g/mol. The third-order valence-corrected chi connectivity index (χ3v) is 6.41. The summed E-state index contributed by atoms with van der Waals surface area (Å²) in [6.45, 7) is 0.500. The van der Waals surface area contributed by atoms with Gasteiger partial charge in [0.05, 0.1) is 30.2 Å². The fraction of sp³-hybridized carbons (Fsp3) is 0.259. The number of aromatic nitrogens is 1. The molecule has 178 valence electrons. The fourth-order valence-electron chi connectivity index (χ4n) is 4.74. The summed E-state index contributed by atoms with van der Waals surface area (Å²) < 4.78 is 5.02. The molecule has 3 amide bonds. The summed E-state index contributed by atoms with van der Waals surface area (Å²) in [6, 6.07) is 18.2. The van der Waals surface area contributed by atoms with Crippen LogP contribution in [0.15, 0.2) is 66.9 Å². The van der Waals surface area contributed by atoms with Crippen LogP contribution in [-0.4, -0.2) is 41.3 Å². The van der Waals surface area contributed by atoms with Crippen molar-refractivity contribution in [2.75, 3.05) is 23.9 Å². The number of amides is 3. The largest absolute Gasteiger partial charge is 0.481 e. The van der Waals surface area contributed by atoms with Crippen LogP contribution in [0.25, 0.3) is 0 Å². The molecule has 0 unspecified atom stereocenters. The third kappa shape index (κ3) is 4.23. The molecule has 2 aliphatic heterocycles. The minimum Gasteiger partial charge on any atom is -0.481 e. The first kappa shape index (κ1) is 22.6. The summed E-state index contributed by atoms with van der Waals surface area (Å²) in [5.41, 5.74) is 3.31. The molecular weight excluding hydrogens is 444 g/mol. The molecule has 2 aliphatic rings. The number of methoxy groups -OCH3 is 1. The van der Waals surface area contributed by atoms with E-state index in [0.717, 1.165) is 18.4 Å². The van der Waals surface area contributed by atoms with Gasteiger partial charge in [0.2, 0.25) is 11.8 Å². The van der Waals surface area contributed by atoms with Gasteiger partial charge in [0.25, 0.3) is 11.8 Å². The number of anilines is 2. The van der Waals surface area contributed by atoms with E-state index >= 15 is 0 Å². The average Bonchev–Trinajstić information content (AvgIpc) is 3.18. The second-order valence-corrected chi connectivity index (χ2v) is 8.60. The Morgan fingerprint density at radius 1 is 0.943 bits per heavy atom. The van der Waals surface area contributed by atoms with Crippen molar-refractivity contribution in [3.8, 4) is 5.88 Å². The van der Waals surface area contributed by atoms with Crippen LogP contribution in [0.1, 0.15) is 58.1 Å². The van der Waals surface area contributed by atoms with Crippen LogP contribution in [0.5, 0.6) is 5.88 Å². The fourth-order valence-corrected chi connectivity index (χ4v) is 4.74. The van der Waals surface area contributed by atoms with E-state index in [4.69, 9.17) is 4.74 Å². The van der Waals surface area contributed by atoms with Crippen molar-refractivity contribution < 1.29 is 19.1 Å². The van der Waals surface area contributed by atoms with Crippen LogP contribution < -0.4 is 15.0 Å². The zero-order valence-corrected chi connectivity index (χ0v) is 19.4. The van der Waals surface area contributed by atoms with E-state index in [2.05, 4.69) is 10.3 Å². The van der Waals surface area contributed by atoms with Gasteiger partial charge in [0, 0.05) is 30.2 Å². The van der Waals surface area contributed by atoms with E-state index in [1.807, 2.05) is 42.5 Å². The molecule has 0 bridgehead atoms. The minimum atomic E-state index is -0.438. The molecule has 1 N–H and O–H groups in total. The van der Waals surface area contributed by atoms with Crippen molar-refractivity contribution in [1.29, 1.82) is 0 Å². The zero-order valence-electron chi connectivity index (χ0n) is 19.4. The van der Waals surface area contributed by atoms with Gasteiger partial charge in [0.15, 0.2) is 0 Å². The van der Waals surface area contributed by atoms with Crippen LogP contribution in [0.2, 0.25) is 0 Å². The first-order chi connectivity index (χ1) is 17.1. The van der Waals surface area contributed by atoms with Gasteiger partial charge in [-0.3, -0.25) is 19.3 Å². The second-order valence-electron chi connectivity index (χ2n) is 8.60. The van der Waals surface area contributed by atoms with E-state index in [-0.39, 0.29) is 17.7 Å². The summed E-state index contributed by atoms with van der Waals surface area (Å²) in [4.78, 5) is 46.5. The number of hydrogen-bond acceptors (Lipinski definition) is 5. The normalized spacial score (nSPS) is 16.0. The third-order valence-electron chi connectivity index (χ3n) is 6.41. The van der Waals surface area contributed by atoms with Gasteiger partial charge in [-0.2, -0.15) is 0 Å². The number of ether oxygens (including phenoxy) is 1. The first-order valence-corrected chi connectivity index (χ1v) is 11.7. The lowest BCUT2D eigenvalue weighted by Gasteiger charge is -2.41. The Kier molecular flexibility index (Phi) is 6.18. The maximum Gasteiger partial charge on any atom is 0.260 e. The number of carbonyl (C=O) groups excluding carboxylic acids is 3. The molecule has 0 spiro atoms. The van der Waals surface area contributed by atoms with Crippen molar-refractivity contribution in [3.05, 3.63) is 83.6 Å². The van der Waals surface area contributed by atoms with Crippen molar-refractivity contribution in [1.82, 2.24) is 9.88 Å². The number of nitrogens with zero attached hydrogens (tertiary/aromatic N) is 3. The van der Waals surface area contributed by atoms with Gasteiger partial charge in [-0.05, 0) is 37.1 Å². The summed E-state index contributed by atoms with van der Waals surface area (Å²) in [6.07, 6.45) is 3.70. The minimum absolute atomic E-state index is 0.0731. The van der Waals surface area contributed by atoms with Crippen molar-refractivity contribution in [3.63, 3.8) is 0 Å². The quantitative estimate of drug-likeness (QED) is 0.493. The molecule has 0 radical (unpaired) electrons. The topological polar surface area (TPSA) is 91.8 Å². The summed E-state index contributed by atoms with van der Waals surface area (Å²) >= 11 is 0. The smallest absolute Gasteiger partial charge is 0.260 e. The SMILES string of the molecule is COc1ccc(NC(=O)CCCCCN2C(=O)c3ccccc3N3C(=O)c4ccccc4[C@@H]23)cn1. The number of fused-ring (bicyclic) bond motifs is 5. The van der Waals surface area contributed by atoms with Crippen LogP contribution in [-0.2, 0) is 4.79 Å². The molecule has 3 aromatic rings. The van der Waals surface area contributed by atoms with Gasteiger partial charge in [-0.25, -0.2) is 4.98 Å². The highest BCUT2D eigenvalue weighted by molar-refractivity contribution is 6.16. The van der Waals surface area contributed by atoms with Crippen LogP contribution in [0.4, 0.5) is 11.4 Å². The lowest BCUT2D eigenvalue weighted by Crippen LogP contribution is -2.48. The van der Waals surface area contributed by atoms with Crippen LogP contribution in [0, 0.1) is 0 Å². The Morgan fingerprint density at radius 3 is 2.49 bits per heavy atom. The predicted octanol–water partition coefficient (Wildman–Crippen LogP) is 4.40. The molecule has 0 saturated heterocycles. The second kappa shape index (κ2) is 9.58. The van der Waals surface area contributed by atoms with Gasteiger partial charge in [-0.1, -0.05) is 36.8 Å². The van der Waals surface area contributed by atoms with Gasteiger partial charge >= 0.3 is 0 Å². The van der Waals surface area contributed by atoms with E-state index in [0.29, 0.717) is 47.8 Å². The van der Waals surface area contributed by atoms with Gasteiger partial charge in [0.1, 0.15) is 6.17 Å². The maximum absolute atomic E-state index is 13.4. The Bertz CT molecular complexity index is 1270. The molecule has 2 aromatic carbocycles. The Morgan fingerprint density at radius 2 is 1.71 bits per heavy atom. The predicted molar refractivity (Wildman–Crippen MR) is 131 cm³/mol. The number of carbonyl (C=O) groups is 3. The highest BCUT2D eigenvalue weighted by atomic mass is 16.5. The molecule has 0 aliphatic carbocycles. The Balaban J connectivity index is 1.22. The van der Waals surface area contributed by atoms with Gasteiger partial charge in [-0.15, -0.1) is 0 Å². The lowest BCUT2D eigenvalue weighted by atomic mass is 10.0. The molecule has 1 aromatic heterocycles. The van der Waals surface area contributed by atoms with E-state index in [9.17, 15) is 14.4 Å². The lowest BCUT2D eigenvalue weighted by molar-refractivity contribution is -0.116. The maximum atomic E-state index is 13.4. The molecule has 5 rings (SSSR count). The summed E-state index contributed by atoms with van der Waals surface area (Å²) in [7, 11) is 1.54.